The van der Waals surface area contributed by atoms with E-state index in [0.29, 0.717) is 13.1 Å². The van der Waals surface area contributed by atoms with Crippen LogP contribution in [-0.2, 0) is 22.7 Å². The second kappa shape index (κ2) is 7.18. The molecule has 2 aliphatic rings. The smallest absolute Gasteiger partial charge is 0.327 e. The summed E-state index contributed by atoms with van der Waals surface area (Å²) in [4.78, 5) is 37.2. The highest BCUT2D eigenvalue weighted by Gasteiger charge is 2.65. The van der Waals surface area contributed by atoms with Crippen molar-refractivity contribution in [3.8, 4) is 0 Å². The van der Waals surface area contributed by atoms with Gasteiger partial charge in [0.05, 0.1) is 11.4 Å². The fraction of sp³-hybridized carbons (Fsp3) is 0.400. The molecule has 4 heterocycles. The Kier molecular flexibility index (Phi) is 4.84. The third-order valence-electron chi connectivity index (χ3n) is 5.22. The number of pyridine rings is 2. The topological polar surface area (TPSA) is 86.6 Å². The summed E-state index contributed by atoms with van der Waals surface area (Å²) in [5.41, 5.74) is 1.73. The lowest BCUT2D eigenvalue weighted by atomic mass is 9.95. The number of nitrogens with zero attached hydrogens (tertiary/aromatic N) is 4. The van der Waals surface area contributed by atoms with Gasteiger partial charge >= 0.3 is 5.97 Å². The molecule has 8 heteroatoms. The molecule has 2 aromatic rings. The van der Waals surface area contributed by atoms with Gasteiger partial charge in [0.25, 0.3) is 0 Å². The van der Waals surface area contributed by atoms with Gasteiger partial charge in [0, 0.05) is 30.2 Å². The molecule has 1 amide bonds. The van der Waals surface area contributed by atoms with E-state index in [0.717, 1.165) is 11.4 Å². The summed E-state index contributed by atoms with van der Waals surface area (Å²) in [6.07, 6.45) is 3.47. The van der Waals surface area contributed by atoms with E-state index in [9.17, 15) is 14.7 Å². The van der Waals surface area contributed by atoms with Gasteiger partial charge in [0.2, 0.25) is 5.91 Å². The number of carbonyl (C=O) groups excluding carboxylic acids is 1. The Balaban J connectivity index is 1.62. The normalized spacial score (nSPS) is 25.5. The number of hydrogen-bond donors (Lipinski definition) is 1. The van der Waals surface area contributed by atoms with E-state index in [1.54, 1.807) is 24.2 Å². The minimum Gasteiger partial charge on any atom is -0.480 e. The first-order chi connectivity index (χ1) is 13.4. The quantitative estimate of drug-likeness (QED) is 0.745. The van der Waals surface area contributed by atoms with Crippen molar-refractivity contribution in [3.63, 3.8) is 0 Å². The zero-order valence-electron chi connectivity index (χ0n) is 15.7. The van der Waals surface area contributed by atoms with E-state index < -0.39 is 22.8 Å². The number of carboxylic acid groups (broad SMARTS) is 1. The van der Waals surface area contributed by atoms with Crippen LogP contribution in [0.25, 0.3) is 0 Å². The van der Waals surface area contributed by atoms with Crippen LogP contribution in [0.3, 0.4) is 0 Å². The molecule has 146 valence electrons. The average Bonchev–Trinajstić information content (AvgIpc) is 2.91. The maximum absolute atomic E-state index is 13.0. The van der Waals surface area contributed by atoms with Crippen LogP contribution >= 0.6 is 11.8 Å². The molecule has 0 saturated carbocycles. The van der Waals surface area contributed by atoms with Gasteiger partial charge in [-0.15, -0.1) is 11.8 Å². The highest BCUT2D eigenvalue weighted by molar-refractivity contribution is 8.01. The third-order valence-corrected chi connectivity index (χ3v) is 6.78. The molecule has 2 aromatic heterocycles. The van der Waals surface area contributed by atoms with Crippen molar-refractivity contribution in [1.29, 1.82) is 0 Å². The molecular weight excluding hydrogens is 376 g/mol. The maximum atomic E-state index is 13.0. The Morgan fingerprint density at radius 2 is 1.71 bits per heavy atom. The number of fused-ring (bicyclic) bond motifs is 1. The minimum atomic E-state index is -0.951. The Morgan fingerprint density at radius 3 is 2.18 bits per heavy atom. The fourth-order valence-electron chi connectivity index (χ4n) is 3.98. The first-order valence-corrected chi connectivity index (χ1v) is 10.0. The first-order valence-electron chi connectivity index (χ1n) is 9.15. The highest BCUT2D eigenvalue weighted by atomic mass is 32.2. The standard InChI is InChI=1S/C20H22N4O3S/c1-20(2)16(19(26)27)24-17(25)15(18(24)28-20)23(11-13-7-3-5-9-21-13)12-14-8-4-6-10-22-14/h3-10,15-16,18H,11-12H2,1-2H3,(H,26,27). The number of amides is 1. The van der Waals surface area contributed by atoms with E-state index in [4.69, 9.17) is 0 Å². The number of aromatic nitrogens is 2. The number of hydrogen-bond acceptors (Lipinski definition) is 6. The molecule has 0 spiro atoms. The number of carbonyl (C=O) groups is 2. The first kappa shape index (κ1) is 18.9. The van der Waals surface area contributed by atoms with Gasteiger partial charge in [0.15, 0.2) is 0 Å². The van der Waals surface area contributed by atoms with Crippen LogP contribution in [0.15, 0.2) is 48.8 Å². The van der Waals surface area contributed by atoms with Gasteiger partial charge in [-0.3, -0.25) is 19.7 Å². The molecule has 7 nitrogen and oxygen atoms in total. The molecule has 1 N–H and O–H groups in total. The van der Waals surface area contributed by atoms with Crippen LogP contribution in [0, 0.1) is 0 Å². The van der Waals surface area contributed by atoms with Gasteiger partial charge in [0.1, 0.15) is 17.5 Å². The minimum absolute atomic E-state index is 0.137. The van der Waals surface area contributed by atoms with E-state index in [-0.39, 0.29) is 11.3 Å². The van der Waals surface area contributed by atoms with Crippen LogP contribution in [-0.4, -0.2) is 59.0 Å². The van der Waals surface area contributed by atoms with Crippen molar-refractivity contribution >= 4 is 23.6 Å². The van der Waals surface area contributed by atoms with Gasteiger partial charge in [-0.1, -0.05) is 12.1 Å². The molecule has 3 unspecified atom stereocenters. The summed E-state index contributed by atoms with van der Waals surface area (Å²) in [7, 11) is 0. The lowest BCUT2D eigenvalue weighted by molar-refractivity contribution is -0.166. The lowest BCUT2D eigenvalue weighted by Crippen LogP contribution is -2.70. The second-order valence-electron chi connectivity index (χ2n) is 7.59. The van der Waals surface area contributed by atoms with E-state index in [1.807, 2.05) is 50.2 Å². The van der Waals surface area contributed by atoms with Crippen molar-refractivity contribution in [2.24, 2.45) is 0 Å². The van der Waals surface area contributed by atoms with Crippen LogP contribution < -0.4 is 0 Å². The zero-order chi connectivity index (χ0) is 19.9. The summed E-state index contributed by atoms with van der Waals surface area (Å²) in [6, 6.07) is 10.2. The molecule has 2 fully saturated rings. The summed E-state index contributed by atoms with van der Waals surface area (Å²) >= 11 is 1.56. The summed E-state index contributed by atoms with van der Waals surface area (Å²) in [5.74, 6) is -1.09. The molecule has 4 rings (SSSR count). The molecule has 3 atom stereocenters. The SMILES string of the molecule is CC1(C)SC2C(N(Cc3ccccn3)Cc3ccccn3)C(=O)N2C1C(=O)O. The lowest BCUT2D eigenvalue weighted by Gasteiger charge is -2.48. The van der Waals surface area contributed by atoms with Gasteiger partial charge in [-0.05, 0) is 38.1 Å². The van der Waals surface area contributed by atoms with E-state index in [2.05, 4.69) is 14.9 Å². The number of rotatable bonds is 6. The average molecular weight is 398 g/mol. The van der Waals surface area contributed by atoms with Crippen LogP contribution in [0.1, 0.15) is 25.2 Å². The Labute approximate surface area is 167 Å². The van der Waals surface area contributed by atoms with Crippen molar-refractivity contribution in [2.45, 2.75) is 49.1 Å². The third kappa shape index (κ3) is 3.27. The van der Waals surface area contributed by atoms with Crippen LogP contribution in [0.2, 0.25) is 0 Å². The fourth-order valence-corrected chi connectivity index (χ4v) is 5.70. The maximum Gasteiger partial charge on any atom is 0.327 e. The highest BCUT2D eigenvalue weighted by Crippen LogP contribution is 2.52. The molecule has 2 saturated heterocycles. The molecule has 0 aromatic carbocycles. The Morgan fingerprint density at radius 1 is 1.14 bits per heavy atom. The van der Waals surface area contributed by atoms with Crippen molar-refractivity contribution in [1.82, 2.24) is 19.8 Å². The van der Waals surface area contributed by atoms with Crippen molar-refractivity contribution in [2.75, 3.05) is 0 Å². The molecule has 0 aliphatic carbocycles. The van der Waals surface area contributed by atoms with Crippen LogP contribution in [0.5, 0.6) is 0 Å². The monoisotopic (exact) mass is 398 g/mol. The zero-order valence-corrected chi connectivity index (χ0v) is 16.5. The molecular formula is C20H22N4O3S. The van der Waals surface area contributed by atoms with E-state index >= 15 is 0 Å². The summed E-state index contributed by atoms with van der Waals surface area (Å²) in [5, 5.41) is 9.46. The molecule has 28 heavy (non-hydrogen) atoms. The predicted molar refractivity (Wildman–Crippen MR) is 105 cm³/mol. The van der Waals surface area contributed by atoms with Crippen LogP contribution in [0.4, 0.5) is 0 Å². The number of aliphatic carboxylic acids is 1. The molecule has 2 aliphatic heterocycles. The summed E-state index contributed by atoms with van der Waals surface area (Å²) < 4.78 is -0.539. The van der Waals surface area contributed by atoms with Gasteiger partial charge < -0.3 is 10.0 Å². The summed E-state index contributed by atoms with van der Waals surface area (Å²) in [6.45, 7) is 4.77. The van der Waals surface area contributed by atoms with E-state index in [1.165, 1.54) is 4.90 Å². The predicted octanol–water partition coefficient (Wildman–Crippen LogP) is 1.99. The number of thioether (sulfide) groups is 1. The van der Waals surface area contributed by atoms with Crippen molar-refractivity contribution < 1.29 is 14.7 Å². The molecule has 0 radical (unpaired) electrons. The number of β-lactam (4-membered cyclic amide) rings is 1. The van der Waals surface area contributed by atoms with Crippen molar-refractivity contribution in [3.05, 3.63) is 60.2 Å². The Hall–Kier alpha value is -2.45. The number of carboxylic acids is 1. The van der Waals surface area contributed by atoms with Gasteiger partial charge in [-0.25, -0.2) is 4.79 Å². The second-order valence-corrected chi connectivity index (χ2v) is 9.36. The molecule has 0 bridgehead atoms. The largest absolute Gasteiger partial charge is 0.480 e. The Bertz CT molecular complexity index is 836. The van der Waals surface area contributed by atoms with Gasteiger partial charge in [-0.2, -0.15) is 0 Å².